The number of nitrogens with zero attached hydrogens (tertiary/aromatic N) is 1. The van der Waals surface area contributed by atoms with Gasteiger partial charge in [0.2, 0.25) is 0 Å². The van der Waals surface area contributed by atoms with Gasteiger partial charge in [0.25, 0.3) is 6.26 Å². The maximum Gasteiger partial charge on any atom is 0.339 e. The van der Waals surface area contributed by atoms with Gasteiger partial charge >= 0.3 is 5.97 Å². The molecule has 0 spiro atoms. The van der Waals surface area contributed by atoms with E-state index >= 15 is 0 Å². The third kappa shape index (κ3) is 2.32. The number of halogens is 1. The molecule has 0 aliphatic heterocycles. The Morgan fingerprint density at radius 2 is 2.31 bits per heavy atom. The van der Waals surface area contributed by atoms with Crippen LogP contribution in [0.25, 0.3) is 0 Å². The van der Waals surface area contributed by atoms with Crippen molar-refractivity contribution in [2.75, 3.05) is 0 Å². The van der Waals surface area contributed by atoms with Crippen LogP contribution in [0.5, 0.6) is 5.75 Å². The van der Waals surface area contributed by atoms with E-state index in [0.717, 1.165) is 3.57 Å². The van der Waals surface area contributed by atoms with E-state index in [1.165, 1.54) is 18.4 Å². The lowest BCUT2D eigenvalue weighted by atomic mass is 10.2. The summed E-state index contributed by atoms with van der Waals surface area (Å²) in [5, 5.41) is 17.0. The van der Waals surface area contributed by atoms with E-state index in [4.69, 9.17) is 10.4 Å². The molecule has 0 aliphatic carbocycles. The first kappa shape index (κ1) is 9.80. The van der Waals surface area contributed by atoms with Crippen molar-refractivity contribution in [3.8, 4) is 12.0 Å². The van der Waals surface area contributed by atoms with Gasteiger partial charge in [-0.15, -0.1) is 5.26 Å². The number of ether oxygens (including phenoxy) is 1. The SMILES string of the molecule is N#COc1ccc(I)cc1C(=O)O. The zero-order valence-electron chi connectivity index (χ0n) is 6.32. The summed E-state index contributed by atoms with van der Waals surface area (Å²) in [7, 11) is 0. The second-order valence-corrected chi connectivity index (χ2v) is 3.38. The van der Waals surface area contributed by atoms with Crippen LogP contribution in [0.15, 0.2) is 18.2 Å². The maximum absolute atomic E-state index is 10.7. The highest BCUT2D eigenvalue weighted by molar-refractivity contribution is 14.1. The summed E-state index contributed by atoms with van der Waals surface area (Å²) in [5.74, 6) is -1.04. The first-order valence-electron chi connectivity index (χ1n) is 3.24. The minimum absolute atomic E-state index is 0.00606. The van der Waals surface area contributed by atoms with Crippen molar-refractivity contribution < 1.29 is 14.6 Å². The highest BCUT2D eigenvalue weighted by Gasteiger charge is 2.11. The van der Waals surface area contributed by atoms with Crippen LogP contribution in [-0.4, -0.2) is 11.1 Å². The topological polar surface area (TPSA) is 70.3 Å². The third-order valence-electron chi connectivity index (χ3n) is 1.33. The Bertz CT molecular complexity index is 383. The molecular formula is C8H4INO3. The number of carbonyl (C=O) groups is 1. The van der Waals surface area contributed by atoms with Gasteiger partial charge in [0.05, 0.1) is 0 Å². The molecule has 66 valence electrons. The van der Waals surface area contributed by atoms with Crippen LogP contribution in [0.1, 0.15) is 10.4 Å². The third-order valence-corrected chi connectivity index (χ3v) is 2.00. The number of rotatable bonds is 2. The van der Waals surface area contributed by atoms with E-state index in [1.807, 2.05) is 22.6 Å². The fourth-order valence-corrected chi connectivity index (χ4v) is 1.30. The van der Waals surface area contributed by atoms with Gasteiger partial charge in [-0.2, -0.15) is 0 Å². The number of benzene rings is 1. The highest BCUT2D eigenvalue weighted by atomic mass is 127. The molecule has 0 unspecified atom stereocenters. The van der Waals surface area contributed by atoms with Crippen LogP contribution in [-0.2, 0) is 0 Å². The Balaban J connectivity index is 3.20. The van der Waals surface area contributed by atoms with Gasteiger partial charge < -0.3 is 9.84 Å². The molecular weight excluding hydrogens is 285 g/mol. The minimum atomic E-state index is -1.11. The smallest absolute Gasteiger partial charge is 0.339 e. The Kier molecular flexibility index (Phi) is 3.08. The lowest BCUT2D eigenvalue weighted by Crippen LogP contribution is -2.00. The molecule has 0 heterocycles. The van der Waals surface area contributed by atoms with Crippen molar-refractivity contribution >= 4 is 28.6 Å². The van der Waals surface area contributed by atoms with Crippen molar-refractivity contribution in [2.24, 2.45) is 0 Å². The predicted molar refractivity (Wildman–Crippen MR) is 52.4 cm³/mol. The van der Waals surface area contributed by atoms with Gasteiger partial charge in [-0.25, -0.2) is 4.79 Å². The molecule has 1 N–H and O–H groups in total. The quantitative estimate of drug-likeness (QED) is 0.666. The summed E-state index contributed by atoms with van der Waals surface area (Å²) in [6, 6.07) is 4.56. The first-order chi connectivity index (χ1) is 6.15. The van der Waals surface area contributed by atoms with Crippen LogP contribution < -0.4 is 4.74 Å². The Morgan fingerprint density at radius 3 is 2.85 bits per heavy atom. The van der Waals surface area contributed by atoms with E-state index < -0.39 is 5.97 Å². The Labute approximate surface area is 87.9 Å². The van der Waals surface area contributed by atoms with Crippen molar-refractivity contribution in [3.63, 3.8) is 0 Å². The minimum Gasteiger partial charge on any atom is -0.478 e. The summed E-state index contributed by atoms with van der Waals surface area (Å²) >= 11 is 1.98. The molecule has 0 atom stereocenters. The van der Waals surface area contributed by atoms with Gasteiger partial charge in [0, 0.05) is 3.57 Å². The molecule has 0 saturated heterocycles. The molecule has 0 saturated carbocycles. The molecule has 0 radical (unpaired) electrons. The van der Waals surface area contributed by atoms with Crippen LogP contribution in [0.2, 0.25) is 0 Å². The van der Waals surface area contributed by atoms with Crippen molar-refractivity contribution in [1.29, 1.82) is 5.26 Å². The number of hydrogen-bond acceptors (Lipinski definition) is 3. The molecule has 0 aromatic heterocycles. The Hall–Kier alpha value is -1.29. The molecule has 0 aliphatic rings. The van der Waals surface area contributed by atoms with Crippen molar-refractivity contribution in [1.82, 2.24) is 0 Å². The summed E-state index contributed by atoms with van der Waals surface area (Å²) in [5.41, 5.74) is -0.00606. The second kappa shape index (κ2) is 4.09. The van der Waals surface area contributed by atoms with Gasteiger partial charge in [-0.1, -0.05) is 0 Å². The molecule has 0 amide bonds. The van der Waals surface area contributed by atoms with Crippen LogP contribution in [0.4, 0.5) is 0 Å². The Morgan fingerprint density at radius 1 is 1.62 bits per heavy atom. The molecule has 5 heteroatoms. The number of carboxylic acids is 1. The van der Waals surface area contributed by atoms with Gasteiger partial charge in [0.15, 0.2) is 5.75 Å². The molecule has 0 fully saturated rings. The van der Waals surface area contributed by atoms with E-state index in [9.17, 15) is 4.79 Å². The number of aromatic carboxylic acids is 1. The fraction of sp³-hybridized carbons (Fsp3) is 0. The monoisotopic (exact) mass is 289 g/mol. The highest BCUT2D eigenvalue weighted by Crippen LogP contribution is 2.20. The standard InChI is InChI=1S/C8H4INO3/c9-5-1-2-7(13-4-10)6(3-5)8(11)12/h1-3H,(H,11,12). The van der Waals surface area contributed by atoms with E-state index in [0.29, 0.717) is 0 Å². The van der Waals surface area contributed by atoms with Gasteiger partial charge in [-0.3, -0.25) is 0 Å². The van der Waals surface area contributed by atoms with Crippen molar-refractivity contribution in [2.45, 2.75) is 0 Å². The van der Waals surface area contributed by atoms with E-state index in [2.05, 4.69) is 4.74 Å². The fourth-order valence-electron chi connectivity index (χ4n) is 0.808. The van der Waals surface area contributed by atoms with Gasteiger partial charge in [0.1, 0.15) is 5.56 Å². The van der Waals surface area contributed by atoms with Crippen LogP contribution in [0.3, 0.4) is 0 Å². The van der Waals surface area contributed by atoms with E-state index in [-0.39, 0.29) is 11.3 Å². The average molecular weight is 289 g/mol. The largest absolute Gasteiger partial charge is 0.478 e. The predicted octanol–water partition coefficient (Wildman–Crippen LogP) is 1.85. The lowest BCUT2D eigenvalue weighted by molar-refractivity contribution is 0.0694. The van der Waals surface area contributed by atoms with Crippen LogP contribution in [0, 0.1) is 15.1 Å². The molecule has 1 aromatic rings. The molecule has 4 nitrogen and oxygen atoms in total. The summed E-state index contributed by atoms with van der Waals surface area (Å²) < 4.78 is 5.25. The van der Waals surface area contributed by atoms with E-state index in [1.54, 1.807) is 6.07 Å². The first-order valence-corrected chi connectivity index (χ1v) is 4.32. The number of carboxylic acid groups (broad SMARTS) is 1. The van der Waals surface area contributed by atoms with Gasteiger partial charge in [-0.05, 0) is 40.8 Å². The maximum atomic E-state index is 10.7. The molecule has 0 bridgehead atoms. The molecule has 1 aromatic carbocycles. The summed E-state index contributed by atoms with van der Waals surface area (Å²) in [4.78, 5) is 10.7. The zero-order chi connectivity index (χ0) is 9.84. The summed E-state index contributed by atoms with van der Waals surface area (Å²) in [6.07, 6.45) is 1.43. The number of nitriles is 1. The normalized spacial score (nSPS) is 8.92. The average Bonchev–Trinajstić information content (AvgIpc) is 2.08. The molecule has 13 heavy (non-hydrogen) atoms. The summed E-state index contributed by atoms with van der Waals surface area (Å²) in [6.45, 7) is 0. The van der Waals surface area contributed by atoms with Crippen LogP contribution >= 0.6 is 22.6 Å². The zero-order valence-corrected chi connectivity index (χ0v) is 8.48. The van der Waals surface area contributed by atoms with Crippen molar-refractivity contribution in [3.05, 3.63) is 27.3 Å². The molecule has 1 rings (SSSR count). The number of hydrogen-bond donors (Lipinski definition) is 1. The second-order valence-electron chi connectivity index (χ2n) is 2.14. The lowest BCUT2D eigenvalue weighted by Gasteiger charge is -2.01.